The van der Waals surface area contributed by atoms with E-state index in [4.69, 9.17) is 4.74 Å². The van der Waals surface area contributed by atoms with Gasteiger partial charge in [0.2, 0.25) is 0 Å². The summed E-state index contributed by atoms with van der Waals surface area (Å²) in [6.45, 7) is 10.9. The maximum Gasteiger partial charge on any atom is 0.0718 e. The van der Waals surface area contributed by atoms with Crippen LogP contribution in [0.2, 0.25) is 0 Å². The Hall–Kier alpha value is -0.160. The second-order valence-corrected chi connectivity index (χ2v) is 6.02. The molecular formula is C13H26N2O2. The second kappa shape index (κ2) is 5.65. The molecule has 2 aliphatic heterocycles. The van der Waals surface area contributed by atoms with Gasteiger partial charge in [-0.2, -0.15) is 0 Å². The Balaban J connectivity index is 1.67. The third-order valence-corrected chi connectivity index (χ3v) is 3.56. The van der Waals surface area contributed by atoms with Crippen LogP contribution in [0, 0.1) is 0 Å². The van der Waals surface area contributed by atoms with E-state index in [1.165, 1.54) is 12.8 Å². The van der Waals surface area contributed by atoms with Gasteiger partial charge < -0.3 is 9.84 Å². The average Bonchev–Trinajstić information content (AvgIpc) is 2.71. The first kappa shape index (κ1) is 13.3. The predicted molar refractivity (Wildman–Crippen MR) is 68.2 cm³/mol. The molecule has 0 radical (unpaired) electrons. The van der Waals surface area contributed by atoms with Crippen LogP contribution in [-0.4, -0.2) is 72.5 Å². The fourth-order valence-electron chi connectivity index (χ4n) is 2.75. The van der Waals surface area contributed by atoms with Crippen molar-refractivity contribution in [3.8, 4) is 0 Å². The smallest absolute Gasteiger partial charge is 0.0718 e. The van der Waals surface area contributed by atoms with E-state index in [1.807, 2.05) is 13.8 Å². The number of aliphatic hydroxyl groups is 1. The van der Waals surface area contributed by atoms with E-state index in [9.17, 15) is 5.11 Å². The largest absolute Gasteiger partial charge is 0.389 e. The lowest BCUT2D eigenvalue weighted by Crippen LogP contribution is -2.51. The molecule has 0 amide bonds. The summed E-state index contributed by atoms with van der Waals surface area (Å²) < 4.78 is 5.67. The van der Waals surface area contributed by atoms with Crippen molar-refractivity contribution in [2.45, 2.75) is 38.4 Å². The Kier molecular flexibility index (Phi) is 4.42. The van der Waals surface area contributed by atoms with Crippen molar-refractivity contribution in [1.82, 2.24) is 9.80 Å². The lowest BCUT2D eigenvalue weighted by Gasteiger charge is -2.38. The molecule has 1 N–H and O–H groups in total. The molecule has 2 fully saturated rings. The van der Waals surface area contributed by atoms with E-state index in [0.29, 0.717) is 6.10 Å². The number of β-amino-alcohol motifs (C(OH)–C–C–N with tert-alkyl or cyclic N) is 1. The number of piperazine rings is 1. The highest BCUT2D eigenvalue weighted by atomic mass is 16.5. The highest BCUT2D eigenvalue weighted by Gasteiger charge is 2.25. The monoisotopic (exact) mass is 242 g/mol. The molecule has 0 saturated carbocycles. The molecule has 4 nitrogen and oxygen atoms in total. The maximum absolute atomic E-state index is 9.79. The summed E-state index contributed by atoms with van der Waals surface area (Å²) >= 11 is 0. The van der Waals surface area contributed by atoms with Crippen molar-refractivity contribution < 1.29 is 9.84 Å². The zero-order valence-electron chi connectivity index (χ0n) is 11.2. The van der Waals surface area contributed by atoms with E-state index >= 15 is 0 Å². The van der Waals surface area contributed by atoms with Gasteiger partial charge in [-0.3, -0.25) is 9.80 Å². The van der Waals surface area contributed by atoms with Crippen LogP contribution in [0.3, 0.4) is 0 Å². The number of nitrogens with zero attached hydrogens (tertiary/aromatic N) is 2. The third-order valence-electron chi connectivity index (χ3n) is 3.56. The normalized spacial score (nSPS) is 28.8. The summed E-state index contributed by atoms with van der Waals surface area (Å²) in [5.74, 6) is 0. The van der Waals surface area contributed by atoms with Crippen molar-refractivity contribution >= 4 is 0 Å². The topological polar surface area (TPSA) is 35.9 Å². The molecule has 2 saturated heterocycles. The third kappa shape index (κ3) is 4.54. The first-order valence-electron chi connectivity index (χ1n) is 6.82. The minimum absolute atomic E-state index is 0.468. The summed E-state index contributed by atoms with van der Waals surface area (Å²) in [6.07, 6.45) is 2.92. The van der Waals surface area contributed by atoms with Crippen molar-refractivity contribution in [2.24, 2.45) is 0 Å². The maximum atomic E-state index is 9.79. The number of rotatable bonds is 4. The van der Waals surface area contributed by atoms with Gasteiger partial charge in [0.15, 0.2) is 0 Å². The van der Waals surface area contributed by atoms with Crippen molar-refractivity contribution in [3.05, 3.63) is 0 Å². The van der Waals surface area contributed by atoms with Crippen molar-refractivity contribution in [1.29, 1.82) is 0 Å². The fraction of sp³-hybridized carbons (Fsp3) is 1.00. The summed E-state index contributed by atoms with van der Waals surface area (Å²) in [4.78, 5) is 4.85. The molecule has 17 heavy (non-hydrogen) atoms. The Morgan fingerprint density at radius 3 is 2.35 bits per heavy atom. The van der Waals surface area contributed by atoms with Gasteiger partial charge in [-0.15, -0.1) is 0 Å². The molecule has 0 aromatic rings. The molecule has 4 heteroatoms. The molecule has 2 aliphatic rings. The number of hydrogen-bond acceptors (Lipinski definition) is 4. The van der Waals surface area contributed by atoms with Crippen molar-refractivity contribution in [3.63, 3.8) is 0 Å². The van der Waals surface area contributed by atoms with Crippen LogP contribution in [0.1, 0.15) is 26.7 Å². The van der Waals surface area contributed by atoms with Crippen LogP contribution in [0.4, 0.5) is 0 Å². The van der Waals surface area contributed by atoms with Gasteiger partial charge in [0.25, 0.3) is 0 Å². The highest BCUT2D eigenvalue weighted by Crippen LogP contribution is 2.15. The van der Waals surface area contributed by atoms with E-state index < -0.39 is 5.60 Å². The summed E-state index contributed by atoms with van der Waals surface area (Å²) in [5.41, 5.74) is -0.573. The SMILES string of the molecule is CC(C)(O)CN1CCN(CC2CCCO2)CC1. The minimum atomic E-state index is -0.573. The van der Waals surface area contributed by atoms with E-state index in [0.717, 1.165) is 45.9 Å². The van der Waals surface area contributed by atoms with Gasteiger partial charge in [-0.25, -0.2) is 0 Å². The van der Waals surface area contributed by atoms with Crippen LogP contribution in [0.5, 0.6) is 0 Å². The molecule has 2 rings (SSSR count). The van der Waals surface area contributed by atoms with E-state index in [1.54, 1.807) is 0 Å². The quantitative estimate of drug-likeness (QED) is 0.781. The van der Waals surface area contributed by atoms with Crippen LogP contribution in [-0.2, 0) is 4.74 Å². The second-order valence-electron chi connectivity index (χ2n) is 6.02. The Labute approximate surface area is 105 Å². The lowest BCUT2D eigenvalue weighted by atomic mass is 10.1. The highest BCUT2D eigenvalue weighted by molar-refractivity contribution is 4.80. The summed E-state index contributed by atoms with van der Waals surface area (Å²) in [5, 5.41) is 9.79. The van der Waals surface area contributed by atoms with Gasteiger partial charge in [-0.05, 0) is 26.7 Å². The minimum Gasteiger partial charge on any atom is -0.389 e. The molecule has 0 bridgehead atoms. The summed E-state index contributed by atoms with van der Waals surface area (Å²) in [7, 11) is 0. The predicted octanol–water partition coefficient (Wildman–Crippen LogP) is 0.554. The van der Waals surface area contributed by atoms with Crippen LogP contribution in [0.25, 0.3) is 0 Å². The molecule has 0 aromatic carbocycles. The van der Waals surface area contributed by atoms with Gasteiger partial charge >= 0.3 is 0 Å². The van der Waals surface area contributed by atoms with Gasteiger partial charge in [-0.1, -0.05) is 0 Å². The van der Waals surface area contributed by atoms with Crippen LogP contribution in [0.15, 0.2) is 0 Å². The molecule has 1 unspecified atom stereocenters. The Morgan fingerprint density at radius 1 is 1.18 bits per heavy atom. The molecule has 0 spiro atoms. The Bertz CT molecular complexity index is 226. The molecule has 100 valence electrons. The van der Waals surface area contributed by atoms with Crippen molar-refractivity contribution in [2.75, 3.05) is 45.9 Å². The zero-order valence-corrected chi connectivity index (χ0v) is 11.2. The standard InChI is InChI=1S/C13H26N2O2/c1-13(2,16)11-15-7-5-14(6-8-15)10-12-4-3-9-17-12/h12,16H,3-11H2,1-2H3. The average molecular weight is 242 g/mol. The first-order valence-corrected chi connectivity index (χ1v) is 6.82. The van der Waals surface area contributed by atoms with E-state index in [-0.39, 0.29) is 0 Å². The number of ether oxygens (including phenoxy) is 1. The van der Waals surface area contributed by atoms with Crippen LogP contribution < -0.4 is 0 Å². The Morgan fingerprint density at radius 2 is 1.82 bits per heavy atom. The first-order chi connectivity index (χ1) is 8.03. The van der Waals surface area contributed by atoms with Gasteiger partial charge in [0, 0.05) is 45.9 Å². The lowest BCUT2D eigenvalue weighted by molar-refractivity contribution is 0.00684. The summed E-state index contributed by atoms with van der Waals surface area (Å²) in [6, 6.07) is 0. The number of hydrogen-bond donors (Lipinski definition) is 1. The van der Waals surface area contributed by atoms with E-state index in [2.05, 4.69) is 9.80 Å². The fourth-order valence-corrected chi connectivity index (χ4v) is 2.75. The zero-order chi connectivity index (χ0) is 12.3. The molecule has 0 aliphatic carbocycles. The molecule has 0 aromatic heterocycles. The molecule has 1 atom stereocenters. The molecular weight excluding hydrogens is 216 g/mol. The van der Waals surface area contributed by atoms with Crippen LogP contribution >= 0.6 is 0 Å². The molecule has 2 heterocycles. The van der Waals surface area contributed by atoms with Gasteiger partial charge in [0.1, 0.15) is 0 Å². The van der Waals surface area contributed by atoms with Gasteiger partial charge in [0.05, 0.1) is 11.7 Å².